The highest BCUT2D eigenvalue weighted by molar-refractivity contribution is 6.74. The summed E-state index contributed by atoms with van der Waals surface area (Å²) in [6.07, 6.45) is 11.8. The first kappa shape index (κ1) is 23.5. The fourth-order valence-electron chi connectivity index (χ4n) is 7.83. The Bertz CT molecular complexity index is 815. The van der Waals surface area contributed by atoms with Crippen molar-refractivity contribution in [2.75, 3.05) is 0 Å². The maximum atomic E-state index is 13.2. The van der Waals surface area contributed by atoms with Crippen LogP contribution in [0.5, 0.6) is 0 Å². The quantitative estimate of drug-likeness (QED) is 0.418. The van der Waals surface area contributed by atoms with Crippen LogP contribution in [0.15, 0.2) is 23.3 Å². The van der Waals surface area contributed by atoms with Gasteiger partial charge in [0.2, 0.25) is 0 Å². The molecule has 31 heavy (non-hydrogen) atoms. The van der Waals surface area contributed by atoms with E-state index >= 15 is 0 Å². The van der Waals surface area contributed by atoms with Crippen LogP contribution in [-0.2, 0) is 9.22 Å². The highest BCUT2D eigenvalue weighted by atomic mass is 28.4. The van der Waals surface area contributed by atoms with Crippen molar-refractivity contribution >= 4 is 14.1 Å². The number of carbonyl (C=O) groups is 1. The fourth-order valence-corrected chi connectivity index (χ4v) is 9.09. The van der Waals surface area contributed by atoms with Gasteiger partial charge in [0.05, 0.1) is 0 Å². The second-order valence-corrected chi connectivity index (χ2v) is 18.1. The van der Waals surface area contributed by atoms with Crippen LogP contribution in [0, 0.1) is 34.5 Å². The summed E-state index contributed by atoms with van der Waals surface area (Å²) in [5.74, 6) is 3.23. The third-order valence-electron chi connectivity index (χ3n) is 10.8. The molecule has 0 bridgehead atoms. The zero-order valence-corrected chi connectivity index (χ0v) is 22.6. The lowest BCUT2D eigenvalue weighted by molar-refractivity contribution is -0.125. The SMILES string of the molecule is CC[C@H]1CC[C@H]2[C@@H]3C(C)=CC4=CC(=O)C(O[Si](C)(C)C(C)(C)C)C[C@]4(C)[C@H]3CC[C@]12C. The molecule has 4 aliphatic rings. The monoisotopic (exact) mass is 442 g/mol. The minimum absolute atomic E-state index is 0.0662. The molecule has 3 heteroatoms. The molecule has 0 aliphatic heterocycles. The highest BCUT2D eigenvalue weighted by Gasteiger charge is 2.59. The molecule has 7 atom stereocenters. The van der Waals surface area contributed by atoms with Crippen LogP contribution in [0.1, 0.15) is 87.0 Å². The number of hydrogen-bond donors (Lipinski definition) is 0. The Morgan fingerprint density at radius 3 is 2.39 bits per heavy atom. The molecule has 0 aromatic heterocycles. The van der Waals surface area contributed by atoms with Gasteiger partial charge in [0, 0.05) is 0 Å². The minimum atomic E-state index is -1.99. The van der Waals surface area contributed by atoms with Crippen molar-refractivity contribution in [2.45, 2.75) is 111 Å². The Hall–Kier alpha value is -0.673. The number of carbonyl (C=O) groups excluding carboxylic acids is 1. The lowest BCUT2D eigenvalue weighted by Gasteiger charge is -2.58. The van der Waals surface area contributed by atoms with Gasteiger partial charge in [-0.15, -0.1) is 0 Å². The molecule has 1 unspecified atom stereocenters. The zero-order chi connectivity index (χ0) is 23.0. The maximum absolute atomic E-state index is 13.2. The van der Waals surface area contributed by atoms with Gasteiger partial charge >= 0.3 is 0 Å². The van der Waals surface area contributed by atoms with E-state index in [1.165, 1.54) is 43.3 Å². The molecular weight excluding hydrogens is 396 g/mol. The normalized spacial score (nSPS) is 43.0. The van der Waals surface area contributed by atoms with Crippen molar-refractivity contribution in [3.63, 3.8) is 0 Å². The van der Waals surface area contributed by atoms with E-state index in [0.29, 0.717) is 17.3 Å². The second-order valence-electron chi connectivity index (χ2n) is 13.3. The molecule has 174 valence electrons. The molecule has 0 N–H and O–H groups in total. The molecule has 0 aromatic carbocycles. The van der Waals surface area contributed by atoms with Gasteiger partial charge in [-0.2, -0.15) is 0 Å². The fraction of sp³-hybridized carbons (Fsp3) is 0.821. The Labute approximate surface area is 192 Å². The van der Waals surface area contributed by atoms with Crippen molar-refractivity contribution in [2.24, 2.45) is 34.5 Å². The Balaban J connectivity index is 1.68. The Morgan fingerprint density at radius 1 is 1.10 bits per heavy atom. The van der Waals surface area contributed by atoms with E-state index in [9.17, 15) is 4.79 Å². The third kappa shape index (κ3) is 3.48. The summed E-state index contributed by atoms with van der Waals surface area (Å²) < 4.78 is 6.74. The summed E-state index contributed by atoms with van der Waals surface area (Å²) >= 11 is 0. The van der Waals surface area contributed by atoms with Crippen LogP contribution in [0.3, 0.4) is 0 Å². The second kappa shape index (κ2) is 7.42. The standard InChI is InChI=1S/C28H46O2Si/c1-10-19-11-12-21-25-18(2)15-20-16-23(29)24(30-31(8,9)26(3,4)5)17-28(20,7)22(25)13-14-27(19,21)6/h15-16,19,21-22,24-25H,10-14,17H2,1-9H3/t19-,21-,22-,24?,25-,27+,28-/m0/s1. The smallest absolute Gasteiger partial charge is 0.193 e. The van der Waals surface area contributed by atoms with Crippen LogP contribution in [0.4, 0.5) is 0 Å². The predicted octanol–water partition coefficient (Wildman–Crippen LogP) is 7.71. The first-order chi connectivity index (χ1) is 14.2. The van der Waals surface area contributed by atoms with Crippen molar-refractivity contribution in [1.29, 1.82) is 0 Å². The van der Waals surface area contributed by atoms with E-state index in [0.717, 1.165) is 18.3 Å². The van der Waals surface area contributed by atoms with Crippen molar-refractivity contribution in [1.82, 2.24) is 0 Å². The van der Waals surface area contributed by atoms with Crippen LogP contribution in [-0.4, -0.2) is 20.2 Å². The number of hydrogen-bond acceptors (Lipinski definition) is 2. The zero-order valence-electron chi connectivity index (χ0n) is 21.6. The van der Waals surface area contributed by atoms with E-state index in [4.69, 9.17) is 4.43 Å². The Morgan fingerprint density at radius 2 is 1.77 bits per heavy atom. The van der Waals surface area contributed by atoms with Gasteiger partial charge in [-0.3, -0.25) is 4.79 Å². The first-order valence-electron chi connectivity index (χ1n) is 12.9. The van der Waals surface area contributed by atoms with Crippen molar-refractivity contribution < 1.29 is 9.22 Å². The number of rotatable bonds is 3. The molecule has 2 nitrogen and oxygen atoms in total. The summed E-state index contributed by atoms with van der Waals surface area (Å²) in [5, 5.41) is 0.120. The number of ketones is 1. The van der Waals surface area contributed by atoms with Crippen LogP contribution >= 0.6 is 0 Å². The minimum Gasteiger partial charge on any atom is -0.407 e. The molecule has 2 fully saturated rings. The molecule has 0 spiro atoms. The van der Waals surface area contributed by atoms with E-state index < -0.39 is 8.32 Å². The van der Waals surface area contributed by atoms with Gasteiger partial charge in [-0.05, 0) is 103 Å². The summed E-state index contributed by atoms with van der Waals surface area (Å²) in [6, 6.07) is 0. The summed E-state index contributed by atoms with van der Waals surface area (Å²) in [4.78, 5) is 13.2. The first-order valence-corrected chi connectivity index (χ1v) is 15.8. The molecule has 4 rings (SSSR count). The van der Waals surface area contributed by atoms with Crippen LogP contribution in [0.25, 0.3) is 0 Å². The highest BCUT2D eigenvalue weighted by Crippen LogP contribution is 2.67. The maximum Gasteiger partial charge on any atom is 0.193 e. The number of allylic oxidation sites excluding steroid dienone is 3. The van der Waals surface area contributed by atoms with Crippen molar-refractivity contribution in [3.8, 4) is 0 Å². The molecular formula is C28H46O2Si. The van der Waals surface area contributed by atoms with E-state index in [2.05, 4.69) is 67.6 Å². The summed E-state index contributed by atoms with van der Waals surface area (Å²) in [5.41, 5.74) is 3.40. The lowest BCUT2D eigenvalue weighted by Crippen LogP contribution is -2.54. The largest absolute Gasteiger partial charge is 0.407 e. The van der Waals surface area contributed by atoms with E-state index in [1.54, 1.807) is 0 Å². The Kier molecular flexibility index (Phi) is 5.62. The molecule has 0 radical (unpaired) electrons. The topological polar surface area (TPSA) is 26.3 Å². The lowest BCUT2D eigenvalue weighted by atomic mass is 9.47. The molecule has 0 heterocycles. The number of fused-ring (bicyclic) bond motifs is 5. The average Bonchev–Trinajstić information content (AvgIpc) is 2.99. The molecule has 2 saturated carbocycles. The van der Waals surface area contributed by atoms with Crippen molar-refractivity contribution in [3.05, 3.63) is 23.3 Å². The molecule has 4 aliphatic carbocycles. The summed E-state index contributed by atoms with van der Waals surface area (Å²) in [7, 11) is -1.99. The molecule has 0 aromatic rings. The van der Waals surface area contributed by atoms with E-state index in [-0.39, 0.29) is 22.3 Å². The van der Waals surface area contributed by atoms with Crippen LogP contribution < -0.4 is 0 Å². The van der Waals surface area contributed by atoms with Gasteiger partial charge in [0.1, 0.15) is 6.10 Å². The summed E-state index contributed by atoms with van der Waals surface area (Å²) in [6.45, 7) is 21.2. The molecule has 0 saturated heterocycles. The van der Waals surface area contributed by atoms with Gasteiger partial charge < -0.3 is 4.43 Å². The van der Waals surface area contributed by atoms with Crippen LogP contribution in [0.2, 0.25) is 18.1 Å². The third-order valence-corrected chi connectivity index (χ3v) is 15.3. The molecule has 0 amide bonds. The average molecular weight is 443 g/mol. The van der Waals surface area contributed by atoms with Gasteiger partial charge in [-0.25, -0.2) is 0 Å². The predicted molar refractivity (Wildman–Crippen MR) is 132 cm³/mol. The van der Waals surface area contributed by atoms with Gasteiger partial charge in [0.15, 0.2) is 14.1 Å². The van der Waals surface area contributed by atoms with Gasteiger partial charge in [-0.1, -0.05) is 59.6 Å². The van der Waals surface area contributed by atoms with Gasteiger partial charge in [0.25, 0.3) is 0 Å². The van der Waals surface area contributed by atoms with E-state index in [1.807, 2.05) is 6.08 Å².